The van der Waals surface area contributed by atoms with Gasteiger partial charge in [-0.25, -0.2) is 4.39 Å². The highest BCUT2D eigenvalue weighted by atomic mass is 19.1. The average Bonchev–Trinajstić information content (AvgIpc) is 3.35. The summed E-state index contributed by atoms with van der Waals surface area (Å²) in [4.78, 5) is 12.8. The van der Waals surface area contributed by atoms with Crippen molar-refractivity contribution in [3.05, 3.63) is 83.1 Å². The molecule has 2 N–H and O–H groups in total. The normalized spacial score (nSPS) is 10.8. The smallest absolute Gasteiger partial charge is 0.273 e. The molecule has 0 aliphatic rings. The van der Waals surface area contributed by atoms with E-state index in [2.05, 4.69) is 20.6 Å². The van der Waals surface area contributed by atoms with Crippen LogP contribution in [0, 0.1) is 19.7 Å². The highest BCUT2D eigenvalue weighted by Crippen LogP contribution is 2.24. The molecule has 31 heavy (non-hydrogen) atoms. The van der Waals surface area contributed by atoms with Crippen molar-refractivity contribution in [2.45, 2.75) is 20.4 Å². The first-order chi connectivity index (χ1) is 14.9. The molecule has 0 saturated heterocycles. The predicted molar refractivity (Wildman–Crippen MR) is 116 cm³/mol. The molecule has 2 aromatic carbocycles. The number of nitrogens with zero attached hydrogens (tertiary/aromatic N) is 3. The first kappa shape index (κ1) is 20.3. The van der Waals surface area contributed by atoms with Crippen molar-refractivity contribution < 1.29 is 13.9 Å². The van der Waals surface area contributed by atoms with Crippen molar-refractivity contribution in [2.24, 2.45) is 0 Å². The molecule has 2 aromatic heterocycles. The number of halogens is 1. The number of aromatic amines is 1. The summed E-state index contributed by atoms with van der Waals surface area (Å²) in [6.07, 6.45) is 0. The molecule has 0 fully saturated rings. The number of amides is 1. The average molecular weight is 419 g/mol. The molecule has 4 aromatic rings. The van der Waals surface area contributed by atoms with Gasteiger partial charge in [0.15, 0.2) is 0 Å². The maximum atomic E-state index is 13.5. The minimum Gasteiger partial charge on any atom is -0.497 e. The number of carbonyl (C=O) groups excluding carboxylic acids is 1. The molecule has 0 aliphatic heterocycles. The van der Waals surface area contributed by atoms with E-state index in [0.717, 1.165) is 16.8 Å². The van der Waals surface area contributed by atoms with Gasteiger partial charge in [0.05, 0.1) is 36.4 Å². The molecule has 4 rings (SSSR count). The van der Waals surface area contributed by atoms with Crippen molar-refractivity contribution in [1.29, 1.82) is 0 Å². The van der Waals surface area contributed by atoms with Crippen LogP contribution in [0.5, 0.6) is 5.75 Å². The fourth-order valence-electron chi connectivity index (χ4n) is 3.39. The van der Waals surface area contributed by atoms with Crippen LogP contribution in [0.15, 0.2) is 54.6 Å². The Morgan fingerprint density at radius 1 is 1.16 bits per heavy atom. The van der Waals surface area contributed by atoms with E-state index in [9.17, 15) is 9.18 Å². The molecule has 0 bridgehead atoms. The zero-order valence-electron chi connectivity index (χ0n) is 17.4. The van der Waals surface area contributed by atoms with Gasteiger partial charge in [0.1, 0.15) is 17.3 Å². The SMILES string of the molecule is COc1cccc(-c2cc(C(=O)Nc3c(C)nn(Cc4cccc(F)c4)c3C)[nH]n2)c1. The molecule has 158 valence electrons. The van der Waals surface area contributed by atoms with Gasteiger partial charge in [0.25, 0.3) is 5.91 Å². The van der Waals surface area contributed by atoms with Crippen molar-refractivity contribution in [3.8, 4) is 17.0 Å². The first-order valence-electron chi connectivity index (χ1n) is 9.74. The molecule has 0 aliphatic carbocycles. The number of aryl methyl sites for hydroxylation is 1. The van der Waals surface area contributed by atoms with Crippen LogP contribution in [0.25, 0.3) is 11.3 Å². The summed E-state index contributed by atoms with van der Waals surface area (Å²) in [6, 6.07) is 15.5. The number of ether oxygens (including phenoxy) is 1. The molecule has 0 saturated carbocycles. The van der Waals surface area contributed by atoms with E-state index in [4.69, 9.17) is 4.74 Å². The summed E-state index contributed by atoms with van der Waals surface area (Å²) in [5.41, 5.74) is 4.68. The Kier molecular flexibility index (Phi) is 5.53. The number of rotatable bonds is 6. The van der Waals surface area contributed by atoms with E-state index < -0.39 is 0 Å². The summed E-state index contributed by atoms with van der Waals surface area (Å²) in [5, 5.41) is 14.4. The lowest BCUT2D eigenvalue weighted by atomic mass is 10.1. The third-order valence-electron chi connectivity index (χ3n) is 5.03. The third kappa shape index (κ3) is 4.32. The maximum absolute atomic E-state index is 13.5. The highest BCUT2D eigenvalue weighted by Gasteiger charge is 2.17. The first-order valence-corrected chi connectivity index (χ1v) is 9.74. The van der Waals surface area contributed by atoms with Crippen LogP contribution in [0.2, 0.25) is 0 Å². The van der Waals surface area contributed by atoms with Gasteiger partial charge in [-0.05, 0) is 49.7 Å². The zero-order valence-corrected chi connectivity index (χ0v) is 17.4. The Hall–Kier alpha value is -3.94. The van der Waals surface area contributed by atoms with E-state index in [0.29, 0.717) is 35.1 Å². The predicted octanol–water partition coefficient (Wildman–Crippen LogP) is 4.34. The fraction of sp³-hybridized carbons (Fsp3) is 0.174. The molecule has 1 amide bonds. The zero-order chi connectivity index (χ0) is 22.0. The maximum Gasteiger partial charge on any atom is 0.273 e. The van der Waals surface area contributed by atoms with Crippen molar-refractivity contribution >= 4 is 11.6 Å². The van der Waals surface area contributed by atoms with Gasteiger partial charge in [0, 0.05) is 5.56 Å². The van der Waals surface area contributed by atoms with Crippen LogP contribution < -0.4 is 10.1 Å². The van der Waals surface area contributed by atoms with E-state index in [-0.39, 0.29) is 11.7 Å². The second kappa shape index (κ2) is 8.43. The standard InChI is InChI=1S/C23H22FN5O2/c1-14-22(15(2)29(28-14)13-16-6-4-8-18(24)10-16)25-23(30)21-12-20(26-27-21)17-7-5-9-19(11-17)31-3/h4-12H,13H2,1-3H3,(H,25,30)(H,26,27). The molecule has 8 heteroatoms. The Labute approximate surface area is 178 Å². The Morgan fingerprint density at radius 3 is 2.74 bits per heavy atom. The summed E-state index contributed by atoms with van der Waals surface area (Å²) in [7, 11) is 1.60. The van der Waals surface area contributed by atoms with Gasteiger partial charge in [-0.3, -0.25) is 14.6 Å². The quantitative estimate of drug-likeness (QED) is 0.487. The summed E-state index contributed by atoms with van der Waals surface area (Å²) in [6.45, 7) is 4.09. The van der Waals surface area contributed by atoms with Gasteiger partial charge in [0.2, 0.25) is 0 Å². The molecule has 0 unspecified atom stereocenters. The minimum atomic E-state index is -0.321. The number of hydrogen-bond donors (Lipinski definition) is 2. The number of H-pyrrole nitrogens is 1. The molecule has 0 spiro atoms. The lowest BCUT2D eigenvalue weighted by molar-refractivity contribution is 0.102. The molecule has 7 nitrogen and oxygen atoms in total. The Morgan fingerprint density at radius 2 is 1.97 bits per heavy atom. The number of benzene rings is 2. The third-order valence-corrected chi connectivity index (χ3v) is 5.03. The molecular formula is C23H22FN5O2. The van der Waals surface area contributed by atoms with E-state index in [1.807, 2.05) is 44.2 Å². The number of hydrogen-bond acceptors (Lipinski definition) is 4. The van der Waals surface area contributed by atoms with Gasteiger partial charge < -0.3 is 10.1 Å². The van der Waals surface area contributed by atoms with Crippen LogP contribution in [0.3, 0.4) is 0 Å². The van der Waals surface area contributed by atoms with Gasteiger partial charge in [-0.1, -0.05) is 24.3 Å². The number of nitrogens with one attached hydrogen (secondary N) is 2. The lowest BCUT2D eigenvalue weighted by Crippen LogP contribution is -2.14. The molecular weight excluding hydrogens is 397 g/mol. The van der Waals surface area contributed by atoms with Crippen LogP contribution in [0.1, 0.15) is 27.4 Å². The Bertz CT molecular complexity index is 1240. The van der Waals surface area contributed by atoms with Crippen LogP contribution in [0.4, 0.5) is 10.1 Å². The van der Waals surface area contributed by atoms with E-state index >= 15 is 0 Å². The fourth-order valence-corrected chi connectivity index (χ4v) is 3.39. The second-order valence-corrected chi connectivity index (χ2v) is 7.19. The Balaban J connectivity index is 1.52. The number of anilines is 1. The lowest BCUT2D eigenvalue weighted by Gasteiger charge is -2.07. The van der Waals surface area contributed by atoms with Gasteiger partial charge in [-0.15, -0.1) is 0 Å². The van der Waals surface area contributed by atoms with E-state index in [1.165, 1.54) is 12.1 Å². The van der Waals surface area contributed by atoms with Crippen molar-refractivity contribution in [3.63, 3.8) is 0 Å². The number of methoxy groups -OCH3 is 1. The number of aromatic nitrogens is 4. The molecule has 0 radical (unpaired) electrons. The summed E-state index contributed by atoms with van der Waals surface area (Å²) in [5.74, 6) is 0.0975. The summed E-state index contributed by atoms with van der Waals surface area (Å²) >= 11 is 0. The van der Waals surface area contributed by atoms with Crippen molar-refractivity contribution in [2.75, 3.05) is 12.4 Å². The summed E-state index contributed by atoms with van der Waals surface area (Å²) < 4.78 is 20.5. The topological polar surface area (TPSA) is 84.8 Å². The van der Waals surface area contributed by atoms with Crippen LogP contribution in [-0.4, -0.2) is 33.0 Å². The monoisotopic (exact) mass is 419 g/mol. The number of carbonyl (C=O) groups is 1. The van der Waals surface area contributed by atoms with E-state index in [1.54, 1.807) is 23.9 Å². The molecule has 0 atom stereocenters. The van der Waals surface area contributed by atoms with Crippen LogP contribution >= 0.6 is 0 Å². The minimum absolute atomic E-state index is 0.293. The largest absolute Gasteiger partial charge is 0.497 e. The highest BCUT2D eigenvalue weighted by molar-refractivity contribution is 6.04. The van der Waals surface area contributed by atoms with Gasteiger partial charge >= 0.3 is 0 Å². The van der Waals surface area contributed by atoms with Crippen molar-refractivity contribution in [1.82, 2.24) is 20.0 Å². The molecule has 2 heterocycles. The van der Waals surface area contributed by atoms with Crippen LogP contribution in [-0.2, 0) is 6.54 Å². The van der Waals surface area contributed by atoms with Gasteiger partial charge in [-0.2, -0.15) is 10.2 Å². The second-order valence-electron chi connectivity index (χ2n) is 7.19.